The maximum atomic E-state index is 4.81. The topological polar surface area (TPSA) is 12.4 Å². The summed E-state index contributed by atoms with van der Waals surface area (Å²) in [5.74, 6) is 0. The van der Waals surface area contributed by atoms with Crippen molar-refractivity contribution < 1.29 is 0 Å². The van der Waals surface area contributed by atoms with Gasteiger partial charge in [0.05, 0.1) is 5.69 Å². The molecule has 0 aliphatic heterocycles. The first-order valence-electron chi connectivity index (χ1n) is 8.55. The van der Waals surface area contributed by atoms with Crippen LogP contribution in [0.4, 0.5) is 5.69 Å². The Morgan fingerprint density at radius 2 is 1.46 bits per heavy atom. The van der Waals surface area contributed by atoms with Crippen molar-refractivity contribution in [2.45, 2.75) is 41.0 Å². The van der Waals surface area contributed by atoms with E-state index >= 15 is 0 Å². The van der Waals surface area contributed by atoms with Crippen molar-refractivity contribution in [2.75, 3.05) is 0 Å². The molecular formula is C23H25N. The molecule has 0 saturated heterocycles. The Morgan fingerprint density at radius 1 is 0.792 bits per heavy atom. The van der Waals surface area contributed by atoms with Crippen LogP contribution in [-0.2, 0) is 0 Å². The number of nitrogens with zero attached hydrogens (tertiary/aromatic N) is 1. The molecule has 0 unspecified atom stereocenters. The zero-order chi connectivity index (χ0) is 17.3. The van der Waals surface area contributed by atoms with E-state index in [1.807, 2.05) is 6.21 Å². The van der Waals surface area contributed by atoms with Crippen LogP contribution in [0.1, 0.15) is 49.4 Å². The minimum Gasteiger partial charge on any atom is -0.256 e. The Labute approximate surface area is 145 Å². The quantitative estimate of drug-likeness (QED) is 0.568. The summed E-state index contributed by atoms with van der Waals surface area (Å²) in [7, 11) is 0. The Morgan fingerprint density at radius 3 is 2.08 bits per heavy atom. The van der Waals surface area contributed by atoms with Gasteiger partial charge in [-0.15, -0.1) is 0 Å². The molecule has 0 amide bonds. The van der Waals surface area contributed by atoms with Crippen molar-refractivity contribution in [2.24, 2.45) is 4.99 Å². The van der Waals surface area contributed by atoms with Crippen molar-refractivity contribution in [3.8, 4) is 0 Å². The van der Waals surface area contributed by atoms with Gasteiger partial charge in [0.25, 0.3) is 0 Å². The van der Waals surface area contributed by atoms with Gasteiger partial charge in [-0.1, -0.05) is 48.0 Å². The summed E-state index contributed by atoms with van der Waals surface area (Å²) in [5, 5.41) is 0. The maximum Gasteiger partial charge on any atom is 0.0688 e. The third kappa shape index (κ3) is 2.99. The number of rotatable bonds is 3. The number of hydrogen-bond donors (Lipinski definition) is 0. The summed E-state index contributed by atoms with van der Waals surface area (Å²) in [6, 6.07) is 14.9. The van der Waals surface area contributed by atoms with E-state index in [1.54, 1.807) is 0 Å². The van der Waals surface area contributed by atoms with Crippen LogP contribution in [-0.4, -0.2) is 6.21 Å². The lowest BCUT2D eigenvalue weighted by molar-refractivity contribution is 1.22. The van der Waals surface area contributed by atoms with Gasteiger partial charge < -0.3 is 0 Å². The first-order chi connectivity index (χ1) is 11.5. The van der Waals surface area contributed by atoms with Crippen molar-refractivity contribution in [1.82, 2.24) is 0 Å². The lowest BCUT2D eigenvalue weighted by Crippen LogP contribution is -1.93. The van der Waals surface area contributed by atoms with E-state index in [1.165, 1.54) is 44.5 Å². The molecule has 0 atom stereocenters. The fourth-order valence-electron chi connectivity index (χ4n) is 3.40. The highest BCUT2D eigenvalue weighted by Gasteiger charge is 2.18. The van der Waals surface area contributed by atoms with Crippen molar-refractivity contribution in [3.63, 3.8) is 0 Å². The molecule has 24 heavy (non-hydrogen) atoms. The van der Waals surface area contributed by atoms with Crippen LogP contribution in [0.25, 0.3) is 5.57 Å². The van der Waals surface area contributed by atoms with E-state index in [2.05, 4.69) is 77.1 Å². The zero-order valence-corrected chi connectivity index (χ0v) is 15.3. The standard InChI is InChI=1S/C23H25N/c1-15-9-8-10-16(2)23(15)24-14-20-11-6-7-12-21(20)22-13-17(3)18(4)19(22)5/h6-12,14H,13H2,1-5H3. The first-order valence-corrected chi connectivity index (χ1v) is 8.55. The van der Waals surface area contributed by atoms with Gasteiger partial charge >= 0.3 is 0 Å². The van der Waals surface area contributed by atoms with Gasteiger partial charge in [-0.25, -0.2) is 0 Å². The van der Waals surface area contributed by atoms with Crippen LogP contribution >= 0.6 is 0 Å². The average molecular weight is 315 g/mol. The second kappa shape index (κ2) is 6.60. The van der Waals surface area contributed by atoms with Gasteiger partial charge in [0.15, 0.2) is 0 Å². The van der Waals surface area contributed by atoms with Gasteiger partial charge in [-0.2, -0.15) is 0 Å². The number of para-hydroxylation sites is 1. The molecule has 1 heteroatoms. The van der Waals surface area contributed by atoms with Gasteiger partial charge in [0.1, 0.15) is 0 Å². The second-order valence-electron chi connectivity index (χ2n) is 6.77. The number of hydrogen-bond acceptors (Lipinski definition) is 1. The molecule has 1 aliphatic rings. The smallest absolute Gasteiger partial charge is 0.0688 e. The molecule has 0 N–H and O–H groups in total. The van der Waals surface area contributed by atoms with Crippen LogP contribution in [0, 0.1) is 13.8 Å². The normalized spacial score (nSPS) is 15.0. The Balaban J connectivity index is 2.02. The molecule has 0 radical (unpaired) electrons. The molecule has 0 bridgehead atoms. The fourth-order valence-corrected chi connectivity index (χ4v) is 3.40. The Kier molecular flexibility index (Phi) is 4.53. The van der Waals surface area contributed by atoms with E-state index in [9.17, 15) is 0 Å². The van der Waals surface area contributed by atoms with Crippen LogP contribution < -0.4 is 0 Å². The molecule has 2 aromatic rings. The summed E-state index contributed by atoms with van der Waals surface area (Å²) in [4.78, 5) is 4.81. The van der Waals surface area contributed by atoms with Crippen LogP contribution in [0.15, 0.2) is 64.2 Å². The summed E-state index contributed by atoms with van der Waals surface area (Å²) in [5.41, 5.74) is 11.8. The number of benzene rings is 2. The van der Waals surface area contributed by atoms with Gasteiger partial charge in [-0.05, 0) is 74.4 Å². The summed E-state index contributed by atoms with van der Waals surface area (Å²) in [6.07, 6.45) is 3.07. The van der Waals surface area contributed by atoms with Crippen LogP contribution in [0.2, 0.25) is 0 Å². The minimum atomic E-state index is 1.05. The maximum absolute atomic E-state index is 4.81. The van der Waals surface area contributed by atoms with Gasteiger partial charge in [-0.3, -0.25) is 4.99 Å². The fraction of sp³-hybridized carbons (Fsp3) is 0.261. The Hall–Kier alpha value is -2.41. The van der Waals surface area contributed by atoms with E-state index in [0.29, 0.717) is 0 Å². The second-order valence-corrected chi connectivity index (χ2v) is 6.77. The van der Waals surface area contributed by atoms with Crippen LogP contribution in [0.5, 0.6) is 0 Å². The monoisotopic (exact) mass is 315 g/mol. The molecule has 0 aromatic heterocycles. The molecule has 1 aliphatic carbocycles. The highest BCUT2D eigenvalue weighted by molar-refractivity contribution is 5.92. The first kappa shape index (κ1) is 16.4. The van der Waals surface area contributed by atoms with E-state index < -0.39 is 0 Å². The lowest BCUT2D eigenvalue weighted by atomic mass is 9.96. The minimum absolute atomic E-state index is 1.05. The SMILES string of the molecule is CC1=C(C)C(C)=C(c2ccccc2C=Nc2c(C)cccc2C)C1. The van der Waals surface area contributed by atoms with Crippen molar-refractivity contribution >= 4 is 17.5 Å². The largest absolute Gasteiger partial charge is 0.256 e. The van der Waals surface area contributed by atoms with Gasteiger partial charge in [0, 0.05) is 11.8 Å². The molecule has 0 spiro atoms. The third-order valence-corrected chi connectivity index (χ3v) is 5.16. The predicted octanol–water partition coefficient (Wildman–Crippen LogP) is 6.57. The predicted molar refractivity (Wildman–Crippen MR) is 105 cm³/mol. The van der Waals surface area contributed by atoms with E-state index in [4.69, 9.17) is 4.99 Å². The zero-order valence-electron chi connectivity index (χ0n) is 15.3. The van der Waals surface area contributed by atoms with Crippen LogP contribution in [0.3, 0.4) is 0 Å². The summed E-state index contributed by atoms with van der Waals surface area (Å²) in [6.45, 7) is 10.9. The van der Waals surface area contributed by atoms with Crippen molar-refractivity contribution in [3.05, 3.63) is 81.4 Å². The highest BCUT2D eigenvalue weighted by Crippen LogP contribution is 2.38. The molecule has 1 nitrogen and oxygen atoms in total. The molecule has 0 fully saturated rings. The number of aliphatic imine (C=N–C) groups is 1. The number of allylic oxidation sites excluding steroid dienone is 4. The summed E-state index contributed by atoms with van der Waals surface area (Å²) < 4.78 is 0. The molecule has 0 heterocycles. The number of aryl methyl sites for hydroxylation is 2. The molecule has 2 aromatic carbocycles. The molecule has 0 saturated carbocycles. The van der Waals surface area contributed by atoms with Crippen molar-refractivity contribution in [1.29, 1.82) is 0 Å². The van der Waals surface area contributed by atoms with Gasteiger partial charge in [0.2, 0.25) is 0 Å². The molecule has 3 rings (SSSR count). The molecule has 122 valence electrons. The highest BCUT2D eigenvalue weighted by atomic mass is 14.7. The summed E-state index contributed by atoms with van der Waals surface area (Å²) >= 11 is 0. The third-order valence-electron chi connectivity index (χ3n) is 5.16. The lowest BCUT2D eigenvalue weighted by Gasteiger charge is -2.10. The van der Waals surface area contributed by atoms with E-state index in [-0.39, 0.29) is 0 Å². The Bertz CT molecular complexity index is 858. The molecular weight excluding hydrogens is 290 g/mol. The average Bonchev–Trinajstić information content (AvgIpc) is 2.82. The van der Waals surface area contributed by atoms with E-state index in [0.717, 1.165) is 12.1 Å².